The topological polar surface area (TPSA) is 86.0 Å². The van der Waals surface area contributed by atoms with Crippen molar-refractivity contribution in [2.75, 3.05) is 6.61 Å². The third kappa shape index (κ3) is 5.90. The highest BCUT2D eigenvalue weighted by molar-refractivity contribution is 5.84. The molecule has 0 fully saturated rings. The van der Waals surface area contributed by atoms with Gasteiger partial charge >= 0.3 is 0 Å². The van der Waals surface area contributed by atoms with Crippen LogP contribution < -0.4 is 16.2 Å². The Kier molecular flexibility index (Phi) is 5.85. The molecule has 5 nitrogen and oxygen atoms in total. The minimum absolute atomic E-state index is 0.0637. The van der Waals surface area contributed by atoms with Crippen LogP contribution in [0.15, 0.2) is 28.4 Å². The Labute approximate surface area is 114 Å². The van der Waals surface area contributed by atoms with Gasteiger partial charge in [0.15, 0.2) is 0 Å². The summed E-state index contributed by atoms with van der Waals surface area (Å²) in [4.78, 5) is 0. The average Bonchev–Trinajstić information content (AvgIpc) is 2.31. The van der Waals surface area contributed by atoms with Crippen LogP contribution in [0.2, 0.25) is 0 Å². The molecule has 0 aliphatic carbocycles. The Morgan fingerprint density at radius 3 is 2.74 bits per heavy atom. The quantitative estimate of drug-likeness (QED) is 0.467. The molecule has 104 valence electrons. The molecular weight excluding hydrogens is 240 g/mol. The lowest BCUT2D eigenvalue weighted by atomic mass is 10.1. The summed E-state index contributed by atoms with van der Waals surface area (Å²) in [5.74, 6) is 1.34. The highest BCUT2D eigenvalue weighted by Gasteiger charge is 2.03. The summed E-state index contributed by atoms with van der Waals surface area (Å²) in [5.41, 5.74) is 12.4. The van der Waals surface area contributed by atoms with Crippen LogP contribution in [0, 0.1) is 12.8 Å². The van der Waals surface area contributed by atoms with Gasteiger partial charge < -0.3 is 16.2 Å². The van der Waals surface area contributed by atoms with E-state index in [1.165, 1.54) is 0 Å². The molecule has 19 heavy (non-hydrogen) atoms. The highest BCUT2D eigenvalue weighted by Crippen LogP contribution is 2.19. The Bertz CT molecular complexity index is 463. The lowest BCUT2D eigenvalue weighted by Gasteiger charge is -2.10. The molecule has 0 spiro atoms. The van der Waals surface area contributed by atoms with Crippen molar-refractivity contribution in [1.82, 2.24) is 0 Å². The van der Waals surface area contributed by atoms with E-state index in [9.17, 15) is 0 Å². The van der Waals surface area contributed by atoms with Gasteiger partial charge in [-0.05, 0) is 31.4 Å². The second kappa shape index (κ2) is 7.41. The minimum Gasteiger partial charge on any atom is -0.493 e. The number of ether oxygens (including phenoxy) is 1. The fourth-order valence-corrected chi connectivity index (χ4v) is 1.46. The maximum absolute atomic E-state index is 5.76. The first-order chi connectivity index (χ1) is 8.99. The van der Waals surface area contributed by atoms with E-state index in [4.69, 9.17) is 16.2 Å². The van der Waals surface area contributed by atoms with E-state index in [-0.39, 0.29) is 5.96 Å². The summed E-state index contributed by atoms with van der Waals surface area (Å²) in [5, 5.41) is 7.40. The van der Waals surface area contributed by atoms with E-state index in [1.807, 2.05) is 25.1 Å². The monoisotopic (exact) mass is 262 g/mol. The minimum atomic E-state index is -0.0637. The van der Waals surface area contributed by atoms with Crippen LogP contribution >= 0.6 is 0 Å². The van der Waals surface area contributed by atoms with E-state index < -0.39 is 0 Å². The number of guanidine groups is 1. The second-order valence-electron chi connectivity index (χ2n) is 4.84. The molecule has 0 unspecified atom stereocenters. The normalized spacial score (nSPS) is 10.9. The molecule has 0 radical (unpaired) electrons. The molecule has 0 heterocycles. The average molecular weight is 262 g/mol. The summed E-state index contributed by atoms with van der Waals surface area (Å²) in [6.07, 6.45) is 2.61. The lowest BCUT2D eigenvalue weighted by Crippen LogP contribution is -2.21. The Morgan fingerprint density at radius 2 is 2.11 bits per heavy atom. The molecule has 4 N–H and O–H groups in total. The van der Waals surface area contributed by atoms with Crippen LogP contribution in [0.4, 0.5) is 0 Å². The molecule has 0 atom stereocenters. The number of benzene rings is 1. The van der Waals surface area contributed by atoms with E-state index >= 15 is 0 Å². The zero-order valence-corrected chi connectivity index (χ0v) is 11.8. The molecule has 0 aromatic heterocycles. The summed E-state index contributed by atoms with van der Waals surface area (Å²) in [6.45, 7) is 7.03. The number of nitrogens with zero attached hydrogens (tertiary/aromatic N) is 2. The molecule has 1 rings (SSSR count). The predicted molar refractivity (Wildman–Crippen MR) is 79.5 cm³/mol. The molecule has 1 aromatic carbocycles. The Morgan fingerprint density at radius 1 is 1.37 bits per heavy atom. The molecule has 5 heteroatoms. The van der Waals surface area contributed by atoms with Gasteiger partial charge in [0.05, 0.1) is 12.8 Å². The fourth-order valence-electron chi connectivity index (χ4n) is 1.46. The van der Waals surface area contributed by atoms with Crippen molar-refractivity contribution in [2.24, 2.45) is 27.6 Å². The van der Waals surface area contributed by atoms with Crippen molar-refractivity contribution >= 4 is 12.2 Å². The summed E-state index contributed by atoms with van der Waals surface area (Å²) >= 11 is 0. The smallest absolute Gasteiger partial charge is 0.211 e. The standard InChI is InChI=1S/C14H22N4O/c1-10(2)6-7-19-13-5-4-11(3)8-12(13)9-17-18-14(15)16/h4-5,8-10H,6-7H2,1-3H3,(H4,15,16,18). The van der Waals surface area contributed by atoms with Gasteiger partial charge in [0.2, 0.25) is 5.96 Å². The highest BCUT2D eigenvalue weighted by atomic mass is 16.5. The molecule has 0 aliphatic heterocycles. The van der Waals surface area contributed by atoms with Crippen LogP contribution in [0.25, 0.3) is 0 Å². The molecule has 1 aromatic rings. The molecule has 0 aliphatic rings. The number of hydrogen-bond acceptors (Lipinski definition) is 3. The van der Waals surface area contributed by atoms with E-state index in [0.29, 0.717) is 12.5 Å². The van der Waals surface area contributed by atoms with E-state index in [1.54, 1.807) is 6.21 Å². The van der Waals surface area contributed by atoms with E-state index in [0.717, 1.165) is 23.3 Å². The maximum Gasteiger partial charge on any atom is 0.211 e. The van der Waals surface area contributed by atoms with Gasteiger partial charge in [-0.3, -0.25) is 0 Å². The number of aryl methyl sites for hydroxylation is 1. The second-order valence-corrected chi connectivity index (χ2v) is 4.84. The fraction of sp³-hybridized carbons (Fsp3) is 0.429. The molecular formula is C14H22N4O. The Hall–Kier alpha value is -2.04. The molecule has 0 amide bonds. The SMILES string of the molecule is Cc1ccc(OCCC(C)C)c(C=NN=C(N)N)c1. The van der Waals surface area contributed by atoms with E-state index in [2.05, 4.69) is 24.1 Å². The van der Waals surface area contributed by atoms with Crippen LogP contribution in [0.5, 0.6) is 5.75 Å². The van der Waals surface area contributed by atoms with Crippen LogP contribution in [0.3, 0.4) is 0 Å². The van der Waals surface area contributed by atoms with Gasteiger partial charge in [0, 0.05) is 5.56 Å². The van der Waals surface area contributed by atoms with Crippen LogP contribution in [-0.4, -0.2) is 18.8 Å². The molecule has 0 saturated heterocycles. The summed E-state index contributed by atoms with van der Waals surface area (Å²) in [7, 11) is 0. The van der Waals surface area contributed by atoms with Crippen molar-refractivity contribution < 1.29 is 4.74 Å². The third-order valence-electron chi connectivity index (χ3n) is 2.49. The summed E-state index contributed by atoms with van der Waals surface area (Å²) < 4.78 is 5.76. The Balaban J connectivity index is 2.79. The van der Waals surface area contributed by atoms with Crippen LogP contribution in [0.1, 0.15) is 31.4 Å². The van der Waals surface area contributed by atoms with Crippen molar-refractivity contribution in [3.63, 3.8) is 0 Å². The molecule has 0 bridgehead atoms. The van der Waals surface area contributed by atoms with Gasteiger partial charge in [-0.1, -0.05) is 25.5 Å². The lowest BCUT2D eigenvalue weighted by molar-refractivity contribution is 0.289. The maximum atomic E-state index is 5.76. The largest absolute Gasteiger partial charge is 0.493 e. The number of nitrogens with two attached hydrogens (primary N) is 2. The van der Waals surface area contributed by atoms with Crippen molar-refractivity contribution in [3.8, 4) is 5.75 Å². The third-order valence-corrected chi connectivity index (χ3v) is 2.49. The van der Waals surface area contributed by atoms with Gasteiger partial charge in [0.25, 0.3) is 0 Å². The first-order valence-electron chi connectivity index (χ1n) is 6.34. The first-order valence-corrected chi connectivity index (χ1v) is 6.34. The van der Waals surface area contributed by atoms with Crippen molar-refractivity contribution in [2.45, 2.75) is 27.2 Å². The molecule has 0 saturated carbocycles. The first kappa shape index (κ1) is 15.0. The van der Waals surface area contributed by atoms with Gasteiger partial charge in [-0.15, -0.1) is 5.10 Å². The van der Waals surface area contributed by atoms with Crippen molar-refractivity contribution in [3.05, 3.63) is 29.3 Å². The van der Waals surface area contributed by atoms with Crippen LogP contribution in [-0.2, 0) is 0 Å². The van der Waals surface area contributed by atoms with Crippen molar-refractivity contribution in [1.29, 1.82) is 0 Å². The number of hydrogen-bond donors (Lipinski definition) is 2. The van der Waals surface area contributed by atoms with Gasteiger partial charge in [-0.25, -0.2) is 0 Å². The number of rotatable bonds is 6. The summed E-state index contributed by atoms with van der Waals surface area (Å²) in [6, 6.07) is 5.92. The zero-order valence-electron chi connectivity index (χ0n) is 11.8. The van der Waals surface area contributed by atoms with Gasteiger partial charge in [0.1, 0.15) is 5.75 Å². The predicted octanol–water partition coefficient (Wildman–Crippen LogP) is 2.03. The van der Waals surface area contributed by atoms with Gasteiger partial charge in [-0.2, -0.15) is 5.10 Å². The zero-order chi connectivity index (χ0) is 14.3.